The number of rotatable bonds is 10. The molecule has 2 aromatic heterocycles. The summed E-state index contributed by atoms with van der Waals surface area (Å²) < 4.78 is 6.75. The minimum absolute atomic E-state index is 0.115. The molecule has 34 heavy (non-hydrogen) atoms. The molecule has 176 valence electrons. The van der Waals surface area contributed by atoms with Gasteiger partial charge in [0.1, 0.15) is 17.2 Å². The lowest BCUT2D eigenvalue weighted by molar-refractivity contribution is -0.402. The van der Waals surface area contributed by atoms with Crippen LogP contribution in [-0.2, 0) is 11.3 Å². The lowest BCUT2D eigenvalue weighted by Crippen LogP contribution is -2.32. The van der Waals surface area contributed by atoms with Crippen molar-refractivity contribution in [2.45, 2.75) is 32.7 Å². The van der Waals surface area contributed by atoms with Gasteiger partial charge < -0.3 is 4.42 Å². The maximum Gasteiger partial charge on any atom is 0.433 e. The number of urea groups is 1. The van der Waals surface area contributed by atoms with Crippen LogP contribution in [0.1, 0.15) is 30.6 Å². The van der Waals surface area contributed by atoms with Crippen LogP contribution in [0.3, 0.4) is 0 Å². The number of hydrogen-bond acceptors (Lipinski definition) is 8. The van der Waals surface area contributed by atoms with E-state index in [-0.39, 0.29) is 18.2 Å². The minimum atomic E-state index is -0.671. The lowest BCUT2D eigenvalue weighted by Gasteiger charge is -2.13. The summed E-state index contributed by atoms with van der Waals surface area (Å²) in [5.41, 5.74) is 3.02. The van der Waals surface area contributed by atoms with Crippen LogP contribution in [0.4, 0.5) is 10.7 Å². The summed E-state index contributed by atoms with van der Waals surface area (Å²) in [5.74, 6) is -0.653. The molecule has 12 nitrogen and oxygen atoms in total. The van der Waals surface area contributed by atoms with E-state index in [1.54, 1.807) is 4.68 Å². The lowest BCUT2D eigenvalue weighted by atomic mass is 10.1. The molecular weight excluding hydrogens is 442 g/mol. The Hall–Kier alpha value is -4.35. The Balaban J connectivity index is 1.21. The van der Waals surface area contributed by atoms with E-state index in [1.165, 1.54) is 23.9 Å². The van der Waals surface area contributed by atoms with Gasteiger partial charge in [-0.05, 0) is 32.3 Å². The average Bonchev–Trinajstić information content (AvgIpc) is 3.54. The van der Waals surface area contributed by atoms with E-state index in [9.17, 15) is 19.7 Å². The SMILES string of the molecule is Cc1ccc(-c2cn(CCCCCN3C(=O)CN(/N=C/c4ccc([N+](=O)[O-])o4)C3=O)nn2)cc1. The van der Waals surface area contributed by atoms with Gasteiger partial charge in [0.15, 0.2) is 5.76 Å². The van der Waals surface area contributed by atoms with Crippen molar-refractivity contribution in [2.75, 3.05) is 13.1 Å². The van der Waals surface area contributed by atoms with Gasteiger partial charge >= 0.3 is 11.9 Å². The number of amides is 3. The van der Waals surface area contributed by atoms with Crippen LogP contribution in [0, 0.1) is 17.0 Å². The zero-order chi connectivity index (χ0) is 24.1. The molecule has 3 aromatic rings. The van der Waals surface area contributed by atoms with Gasteiger partial charge in [0.2, 0.25) is 0 Å². The van der Waals surface area contributed by atoms with Gasteiger partial charge in [-0.25, -0.2) is 9.80 Å². The predicted octanol–water partition coefficient (Wildman–Crippen LogP) is 3.22. The Labute approximate surface area is 194 Å². The van der Waals surface area contributed by atoms with Crippen molar-refractivity contribution in [3.05, 3.63) is 64.0 Å². The standard InChI is InChI=1S/C22H23N7O5/c1-16-5-7-17(8-6-16)19-14-26(25-24-19)11-3-2-4-12-27-20(30)15-28(22(27)31)23-13-18-9-10-21(34-18)29(32)33/h5-10,13-14H,2-4,11-12,15H2,1H3/b23-13+. The molecule has 0 spiro atoms. The zero-order valence-electron chi connectivity index (χ0n) is 18.5. The van der Waals surface area contributed by atoms with Gasteiger partial charge in [0.05, 0.1) is 18.5 Å². The summed E-state index contributed by atoms with van der Waals surface area (Å²) in [4.78, 5) is 35.8. The van der Waals surface area contributed by atoms with E-state index in [1.807, 2.05) is 37.4 Å². The third-order valence-corrected chi connectivity index (χ3v) is 5.31. The van der Waals surface area contributed by atoms with Crippen LogP contribution in [0.25, 0.3) is 11.3 Å². The highest BCUT2D eigenvalue weighted by atomic mass is 16.6. The van der Waals surface area contributed by atoms with Crippen molar-refractivity contribution >= 4 is 24.0 Å². The van der Waals surface area contributed by atoms with Crippen LogP contribution in [-0.4, -0.2) is 61.1 Å². The molecule has 0 bridgehead atoms. The first-order valence-electron chi connectivity index (χ1n) is 10.8. The van der Waals surface area contributed by atoms with E-state index in [2.05, 4.69) is 15.4 Å². The van der Waals surface area contributed by atoms with Crippen LogP contribution >= 0.6 is 0 Å². The van der Waals surface area contributed by atoms with Gasteiger partial charge in [-0.3, -0.25) is 24.5 Å². The number of carbonyl (C=O) groups is 2. The molecule has 12 heteroatoms. The number of imide groups is 1. The van der Waals surface area contributed by atoms with Crippen LogP contribution in [0.15, 0.2) is 52.1 Å². The molecule has 1 fully saturated rings. The monoisotopic (exact) mass is 465 g/mol. The van der Waals surface area contributed by atoms with E-state index in [0.717, 1.165) is 34.0 Å². The van der Waals surface area contributed by atoms with Gasteiger partial charge in [-0.15, -0.1) is 5.10 Å². The zero-order valence-corrected chi connectivity index (χ0v) is 18.5. The Kier molecular flexibility index (Phi) is 6.76. The normalized spacial score (nSPS) is 14.0. The molecule has 0 N–H and O–H groups in total. The average molecular weight is 465 g/mol. The van der Waals surface area contributed by atoms with Crippen molar-refractivity contribution in [1.82, 2.24) is 24.9 Å². The number of aromatic nitrogens is 3. The maximum absolute atomic E-state index is 12.5. The molecule has 0 aliphatic carbocycles. The maximum atomic E-state index is 12.5. The second-order valence-corrected chi connectivity index (χ2v) is 7.86. The van der Waals surface area contributed by atoms with Crippen LogP contribution in [0.2, 0.25) is 0 Å². The number of nitrogens with zero attached hydrogens (tertiary/aromatic N) is 7. The number of furan rings is 1. The molecule has 0 atom stereocenters. The highest BCUT2D eigenvalue weighted by molar-refractivity contribution is 6.02. The summed E-state index contributed by atoms with van der Waals surface area (Å²) in [5, 5.41) is 24.0. The van der Waals surface area contributed by atoms with Crippen molar-refractivity contribution in [3.63, 3.8) is 0 Å². The van der Waals surface area contributed by atoms with E-state index in [4.69, 9.17) is 4.42 Å². The molecule has 0 unspecified atom stereocenters. The fraction of sp³-hybridized carbons (Fsp3) is 0.318. The van der Waals surface area contributed by atoms with Gasteiger partial charge in [-0.1, -0.05) is 35.0 Å². The minimum Gasteiger partial charge on any atom is -0.400 e. The predicted molar refractivity (Wildman–Crippen MR) is 121 cm³/mol. The third kappa shape index (κ3) is 5.34. The van der Waals surface area contributed by atoms with Gasteiger partial charge in [-0.2, -0.15) is 5.10 Å². The Morgan fingerprint density at radius 3 is 2.62 bits per heavy atom. The molecule has 0 radical (unpaired) electrons. The van der Waals surface area contributed by atoms with Crippen molar-refractivity contribution < 1.29 is 18.9 Å². The largest absolute Gasteiger partial charge is 0.433 e. The molecule has 1 saturated heterocycles. The number of carbonyl (C=O) groups excluding carboxylic acids is 2. The summed E-state index contributed by atoms with van der Waals surface area (Å²) in [6, 6.07) is 10.1. The van der Waals surface area contributed by atoms with Crippen LogP contribution in [0.5, 0.6) is 0 Å². The third-order valence-electron chi connectivity index (χ3n) is 5.31. The molecule has 3 amide bonds. The van der Waals surface area contributed by atoms with Gasteiger partial charge in [0, 0.05) is 18.7 Å². The first kappa shape index (κ1) is 22.8. The highest BCUT2D eigenvalue weighted by Crippen LogP contribution is 2.18. The van der Waals surface area contributed by atoms with Crippen molar-refractivity contribution in [1.29, 1.82) is 0 Å². The highest BCUT2D eigenvalue weighted by Gasteiger charge is 2.35. The van der Waals surface area contributed by atoms with Crippen LogP contribution < -0.4 is 0 Å². The van der Waals surface area contributed by atoms with Crippen molar-refractivity contribution in [3.8, 4) is 11.3 Å². The second-order valence-electron chi connectivity index (χ2n) is 7.86. The first-order chi connectivity index (χ1) is 16.4. The summed E-state index contributed by atoms with van der Waals surface area (Å²) in [7, 11) is 0. The molecule has 4 rings (SSSR count). The summed E-state index contributed by atoms with van der Waals surface area (Å²) >= 11 is 0. The van der Waals surface area contributed by atoms with E-state index in [0.29, 0.717) is 19.5 Å². The Morgan fingerprint density at radius 1 is 1.12 bits per heavy atom. The summed E-state index contributed by atoms with van der Waals surface area (Å²) in [6.45, 7) is 2.83. The smallest absolute Gasteiger partial charge is 0.400 e. The molecular formula is C22H23N7O5. The number of unbranched alkanes of at least 4 members (excludes halogenated alkanes) is 2. The number of benzene rings is 1. The molecule has 1 aliphatic heterocycles. The number of nitro groups is 1. The summed E-state index contributed by atoms with van der Waals surface area (Å²) in [6.07, 6.45) is 5.35. The first-order valence-corrected chi connectivity index (χ1v) is 10.8. The fourth-order valence-electron chi connectivity index (χ4n) is 3.46. The number of aryl methyl sites for hydroxylation is 2. The molecule has 0 saturated carbocycles. The number of hydrogen-bond donors (Lipinski definition) is 0. The van der Waals surface area contributed by atoms with E-state index >= 15 is 0 Å². The Morgan fingerprint density at radius 2 is 1.88 bits per heavy atom. The van der Waals surface area contributed by atoms with Crippen molar-refractivity contribution in [2.24, 2.45) is 5.10 Å². The van der Waals surface area contributed by atoms with Gasteiger partial charge in [0.25, 0.3) is 5.91 Å². The quantitative estimate of drug-likeness (QED) is 0.147. The number of hydrazone groups is 1. The Bertz CT molecular complexity index is 1210. The molecule has 1 aliphatic rings. The fourth-order valence-corrected chi connectivity index (χ4v) is 3.46. The second kappa shape index (κ2) is 10.1. The van der Waals surface area contributed by atoms with E-state index < -0.39 is 16.8 Å². The molecule has 1 aromatic carbocycles. The molecule has 3 heterocycles. The topological polar surface area (TPSA) is 140 Å².